The Hall–Kier alpha value is -3.56. The highest BCUT2D eigenvalue weighted by Gasteiger charge is 2.27. The lowest BCUT2D eigenvalue weighted by molar-refractivity contribution is -0.121. The van der Waals surface area contributed by atoms with Crippen molar-refractivity contribution in [1.29, 1.82) is 0 Å². The van der Waals surface area contributed by atoms with E-state index in [4.69, 9.17) is 4.74 Å². The maximum atomic E-state index is 13.7. The Kier molecular flexibility index (Phi) is 7.69. The Morgan fingerprint density at radius 1 is 1.03 bits per heavy atom. The van der Waals surface area contributed by atoms with Crippen molar-refractivity contribution in [1.82, 2.24) is 9.73 Å². The highest BCUT2D eigenvalue weighted by molar-refractivity contribution is 7.89. The van der Waals surface area contributed by atoms with Crippen LogP contribution in [0, 0.1) is 5.82 Å². The minimum atomic E-state index is -4.00. The average Bonchev–Trinajstić information content (AvgIpc) is 2.80. The van der Waals surface area contributed by atoms with Gasteiger partial charge in [-0.3, -0.25) is 4.79 Å². The summed E-state index contributed by atoms with van der Waals surface area (Å²) in [4.78, 5) is 12.5. The number of benzene rings is 3. The van der Waals surface area contributed by atoms with Gasteiger partial charge in [0.15, 0.2) is 0 Å². The number of sulfonamides is 1. The summed E-state index contributed by atoms with van der Waals surface area (Å²) in [5, 5.41) is 3.74. The molecule has 0 aliphatic heterocycles. The molecule has 0 radical (unpaired) electrons. The number of rotatable bonds is 9. The van der Waals surface area contributed by atoms with E-state index >= 15 is 0 Å². The summed E-state index contributed by atoms with van der Waals surface area (Å²) in [6.45, 7) is -0.489. The molecule has 0 heterocycles. The van der Waals surface area contributed by atoms with Crippen LogP contribution in [0.15, 0.2) is 88.9 Å². The largest absolute Gasteiger partial charge is 0.497 e. The van der Waals surface area contributed by atoms with Crippen molar-refractivity contribution in [2.75, 3.05) is 13.7 Å². The average molecular weight is 456 g/mol. The molecule has 0 aliphatic rings. The standard InChI is InChI=1S/C23H22FN3O4S/c1-31-20-11-13-21(14-12-20)32(29,30)27(16-18-7-3-2-4-8-18)17-23(28)26-25-15-19-9-5-6-10-22(19)24/h2-15H,16-17H2,1H3,(H,26,28)/b25-15-. The fourth-order valence-electron chi connectivity index (χ4n) is 2.86. The van der Waals surface area contributed by atoms with Crippen LogP contribution in [0.4, 0.5) is 4.39 Å². The molecular formula is C23H22FN3O4S. The first-order chi connectivity index (χ1) is 15.4. The van der Waals surface area contributed by atoms with Crippen LogP contribution in [-0.4, -0.2) is 38.5 Å². The predicted molar refractivity (Wildman–Crippen MR) is 119 cm³/mol. The highest BCUT2D eigenvalue weighted by Crippen LogP contribution is 2.21. The first kappa shape index (κ1) is 23.1. The summed E-state index contributed by atoms with van der Waals surface area (Å²) < 4.78 is 46.3. The normalized spacial score (nSPS) is 11.6. The summed E-state index contributed by atoms with van der Waals surface area (Å²) in [6, 6.07) is 20.8. The van der Waals surface area contributed by atoms with Gasteiger partial charge >= 0.3 is 0 Å². The zero-order chi connectivity index (χ0) is 23.0. The summed E-state index contributed by atoms with van der Waals surface area (Å²) in [6.07, 6.45) is 1.16. The van der Waals surface area contributed by atoms with Crippen molar-refractivity contribution < 1.29 is 22.3 Å². The fraction of sp³-hybridized carbons (Fsp3) is 0.130. The van der Waals surface area contributed by atoms with Crippen molar-refractivity contribution in [3.8, 4) is 5.75 Å². The number of carbonyl (C=O) groups is 1. The van der Waals surface area contributed by atoms with Gasteiger partial charge in [-0.15, -0.1) is 0 Å². The predicted octanol–water partition coefficient (Wildman–Crippen LogP) is 3.18. The van der Waals surface area contributed by atoms with Crippen LogP contribution in [-0.2, 0) is 21.4 Å². The molecule has 0 aromatic heterocycles. The molecule has 0 aliphatic carbocycles. The maximum Gasteiger partial charge on any atom is 0.255 e. The number of nitrogens with one attached hydrogen (secondary N) is 1. The molecule has 1 amide bonds. The van der Waals surface area contributed by atoms with Gasteiger partial charge < -0.3 is 4.74 Å². The SMILES string of the molecule is COc1ccc(S(=O)(=O)N(CC(=O)N/N=C\c2ccccc2F)Cc2ccccc2)cc1. The van der Waals surface area contributed by atoms with Crippen LogP contribution in [0.1, 0.15) is 11.1 Å². The van der Waals surface area contributed by atoms with Gasteiger partial charge in [-0.2, -0.15) is 9.41 Å². The third kappa shape index (κ3) is 5.99. The van der Waals surface area contributed by atoms with E-state index in [2.05, 4.69) is 10.5 Å². The van der Waals surface area contributed by atoms with Gasteiger partial charge in [-0.25, -0.2) is 18.2 Å². The van der Waals surface area contributed by atoms with Crippen molar-refractivity contribution in [2.24, 2.45) is 5.10 Å². The number of ether oxygens (including phenoxy) is 1. The first-order valence-electron chi connectivity index (χ1n) is 9.64. The van der Waals surface area contributed by atoms with E-state index in [0.29, 0.717) is 11.3 Å². The van der Waals surface area contributed by atoms with Gasteiger partial charge in [-0.05, 0) is 35.9 Å². The van der Waals surface area contributed by atoms with Crippen LogP contribution in [0.25, 0.3) is 0 Å². The van der Waals surface area contributed by atoms with Crippen LogP contribution >= 0.6 is 0 Å². The second-order valence-corrected chi connectivity index (χ2v) is 8.69. The van der Waals surface area contributed by atoms with E-state index < -0.39 is 28.3 Å². The van der Waals surface area contributed by atoms with Crippen LogP contribution in [0.3, 0.4) is 0 Å². The van der Waals surface area contributed by atoms with Gasteiger partial charge in [0.05, 0.1) is 24.8 Å². The molecule has 0 bridgehead atoms. The molecular weight excluding hydrogens is 433 g/mol. The molecule has 32 heavy (non-hydrogen) atoms. The number of amides is 1. The van der Waals surface area contributed by atoms with Crippen molar-refractivity contribution >= 4 is 22.1 Å². The van der Waals surface area contributed by atoms with Crippen LogP contribution < -0.4 is 10.2 Å². The minimum absolute atomic E-state index is 0.0142. The van der Waals surface area contributed by atoms with Gasteiger partial charge in [0.2, 0.25) is 10.0 Å². The van der Waals surface area contributed by atoms with Crippen molar-refractivity contribution in [3.63, 3.8) is 0 Å². The lowest BCUT2D eigenvalue weighted by Gasteiger charge is -2.21. The molecule has 3 rings (SSSR count). The molecule has 3 aromatic rings. The highest BCUT2D eigenvalue weighted by atomic mass is 32.2. The van der Waals surface area contributed by atoms with Gasteiger partial charge in [0.1, 0.15) is 11.6 Å². The van der Waals surface area contributed by atoms with E-state index in [1.165, 1.54) is 49.6 Å². The quantitative estimate of drug-likeness (QED) is 0.397. The van der Waals surface area contributed by atoms with Crippen molar-refractivity contribution in [2.45, 2.75) is 11.4 Å². The summed E-state index contributed by atoms with van der Waals surface area (Å²) in [5.74, 6) is -0.636. The lowest BCUT2D eigenvalue weighted by Crippen LogP contribution is -2.39. The number of hydrogen-bond acceptors (Lipinski definition) is 5. The molecule has 166 valence electrons. The minimum Gasteiger partial charge on any atom is -0.497 e. The Labute approximate surface area is 186 Å². The van der Waals surface area contributed by atoms with E-state index in [1.54, 1.807) is 30.3 Å². The van der Waals surface area contributed by atoms with Gasteiger partial charge in [-0.1, -0.05) is 48.5 Å². The zero-order valence-electron chi connectivity index (χ0n) is 17.3. The smallest absolute Gasteiger partial charge is 0.255 e. The molecule has 7 nitrogen and oxygen atoms in total. The number of carbonyl (C=O) groups excluding carboxylic acids is 1. The van der Waals surface area contributed by atoms with Gasteiger partial charge in [0, 0.05) is 12.1 Å². The molecule has 9 heteroatoms. The summed E-state index contributed by atoms with van der Waals surface area (Å²) in [5.41, 5.74) is 3.16. The number of halogens is 1. The maximum absolute atomic E-state index is 13.7. The molecule has 0 saturated heterocycles. The summed E-state index contributed by atoms with van der Waals surface area (Å²) >= 11 is 0. The zero-order valence-corrected chi connectivity index (χ0v) is 18.1. The molecule has 0 fully saturated rings. The van der Waals surface area contributed by atoms with E-state index in [0.717, 1.165) is 10.5 Å². The van der Waals surface area contributed by atoms with Crippen molar-refractivity contribution in [3.05, 3.63) is 95.8 Å². The van der Waals surface area contributed by atoms with Crippen LogP contribution in [0.5, 0.6) is 5.75 Å². The number of methoxy groups -OCH3 is 1. The van der Waals surface area contributed by atoms with E-state index in [9.17, 15) is 17.6 Å². The Morgan fingerprint density at radius 2 is 1.69 bits per heavy atom. The number of hydrazone groups is 1. The number of hydrogen-bond donors (Lipinski definition) is 1. The Balaban J connectivity index is 1.79. The summed E-state index contributed by atoms with van der Waals surface area (Å²) in [7, 11) is -2.51. The third-order valence-electron chi connectivity index (χ3n) is 4.52. The Morgan fingerprint density at radius 3 is 2.34 bits per heavy atom. The van der Waals surface area contributed by atoms with E-state index in [-0.39, 0.29) is 17.0 Å². The molecule has 3 aromatic carbocycles. The molecule has 0 unspecified atom stereocenters. The molecule has 0 saturated carbocycles. The van der Waals surface area contributed by atoms with E-state index in [1.807, 2.05) is 6.07 Å². The number of nitrogens with zero attached hydrogens (tertiary/aromatic N) is 2. The topological polar surface area (TPSA) is 88.1 Å². The second kappa shape index (κ2) is 10.7. The Bertz CT molecular complexity index is 1180. The van der Waals surface area contributed by atoms with Gasteiger partial charge in [0.25, 0.3) is 5.91 Å². The third-order valence-corrected chi connectivity index (χ3v) is 6.32. The molecule has 1 N–H and O–H groups in total. The second-order valence-electron chi connectivity index (χ2n) is 6.75. The monoisotopic (exact) mass is 455 g/mol. The van der Waals surface area contributed by atoms with Crippen LogP contribution in [0.2, 0.25) is 0 Å². The fourth-order valence-corrected chi connectivity index (χ4v) is 4.24. The molecule has 0 atom stereocenters. The first-order valence-corrected chi connectivity index (χ1v) is 11.1. The lowest BCUT2D eigenvalue weighted by atomic mass is 10.2. The molecule has 0 spiro atoms.